The summed E-state index contributed by atoms with van der Waals surface area (Å²) in [4.78, 5) is 27.7. The van der Waals surface area contributed by atoms with Gasteiger partial charge in [-0.3, -0.25) is 4.79 Å². The van der Waals surface area contributed by atoms with E-state index in [0.717, 1.165) is 47.9 Å². The maximum Gasteiger partial charge on any atom is 0.410 e. The Morgan fingerprint density at radius 3 is 2.26 bits per heavy atom. The van der Waals surface area contributed by atoms with Gasteiger partial charge in [-0.25, -0.2) is 17.9 Å². The van der Waals surface area contributed by atoms with Gasteiger partial charge in [0.1, 0.15) is 5.60 Å². The monoisotopic (exact) mass is 665 g/mol. The Labute approximate surface area is 278 Å². The topological polar surface area (TPSA) is 159 Å². The van der Waals surface area contributed by atoms with Crippen LogP contribution in [0.1, 0.15) is 91.9 Å². The molecule has 4 rings (SSSR count). The zero-order valence-electron chi connectivity index (χ0n) is 27.4. The molecule has 3 aromatic carbocycles. The minimum Gasteiger partial charge on any atom is -0.444 e. The van der Waals surface area contributed by atoms with Gasteiger partial charge in [-0.1, -0.05) is 61.4 Å². The maximum atomic E-state index is 13.1. The molecule has 47 heavy (non-hydrogen) atoms. The van der Waals surface area contributed by atoms with E-state index in [2.05, 4.69) is 4.72 Å². The maximum absolute atomic E-state index is 13.1. The fourth-order valence-corrected chi connectivity index (χ4v) is 6.77. The second-order valence-electron chi connectivity index (χ2n) is 13.2. The van der Waals surface area contributed by atoms with Gasteiger partial charge in [0.25, 0.3) is 5.91 Å². The summed E-state index contributed by atoms with van der Waals surface area (Å²) in [7, 11) is -3.86. The average Bonchev–Trinajstić information content (AvgIpc) is 3.56. The molecule has 1 aliphatic carbocycles. The van der Waals surface area contributed by atoms with Gasteiger partial charge in [-0.15, -0.1) is 0 Å². The predicted octanol–water partition coefficient (Wildman–Crippen LogP) is 5.55. The number of benzene rings is 3. The molecule has 0 heterocycles. The molecule has 1 atom stereocenters. The van der Waals surface area contributed by atoms with Crippen LogP contribution in [0, 0.1) is 0 Å². The lowest BCUT2D eigenvalue weighted by atomic mass is 9.89. The van der Waals surface area contributed by atoms with Crippen LogP contribution in [0.3, 0.4) is 0 Å². The highest BCUT2D eigenvalue weighted by atomic mass is 32.2. The van der Waals surface area contributed by atoms with Crippen LogP contribution >= 0.6 is 0 Å². The molecule has 0 radical (unpaired) electrons. The SMILES string of the molecule is CC(C)(C)OC(=O)N(CCc1ccc(-c2ccc(C(=O)NS(=O)(=O)CCCO)c(C3CCCC3)c2)cc1)C[C@H](O)c1ccc(N)cc1. The van der Waals surface area contributed by atoms with Crippen LogP contribution in [0.2, 0.25) is 0 Å². The second-order valence-corrected chi connectivity index (χ2v) is 15.0. The zero-order chi connectivity index (χ0) is 34.2. The van der Waals surface area contributed by atoms with Crippen LogP contribution in [0.25, 0.3) is 11.1 Å². The number of hydrogen-bond acceptors (Lipinski definition) is 8. The first-order valence-electron chi connectivity index (χ1n) is 16.1. The number of ether oxygens (including phenoxy) is 1. The van der Waals surface area contributed by atoms with E-state index in [9.17, 15) is 23.1 Å². The second kappa shape index (κ2) is 15.8. The molecule has 0 bridgehead atoms. The number of sulfonamides is 1. The van der Waals surface area contributed by atoms with E-state index in [-0.39, 0.29) is 31.2 Å². The molecular weight excluding hydrogens is 618 g/mol. The van der Waals surface area contributed by atoms with Crippen molar-refractivity contribution in [1.82, 2.24) is 9.62 Å². The largest absolute Gasteiger partial charge is 0.444 e. The van der Waals surface area contributed by atoms with Crippen LogP contribution < -0.4 is 10.5 Å². The normalized spacial score (nSPS) is 14.5. The number of nitrogen functional groups attached to an aromatic ring is 1. The number of carbonyl (C=O) groups excluding carboxylic acids is 2. The number of nitrogens with one attached hydrogen (secondary N) is 1. The van der Waals surface area contributed by atoms with Crippen LogP contribution in [0.5, 0.6) is 0 Å². The smallest absolute Gasteiger partial charge is 0.410 e. The molecule has 0 aliphatic heterocycles. The number of carbonyl (C=O) groups is 2. The van der Waals surface area contributed by atoms with E-state index in [1.807, 2.05) is 36.4 Å². The van der Waals surface area contributed by atoms with Crippen molar-refractivity contribution in [3.05, 3.63) is 89.0 Å². The Kier molecular flexibility index (Phi) is 12.1. The fraction of sp³-hybridized carbons (Fsp3) is 0.444. The summed E-state index contributed by atoms with van der Waals surface area (Å²) in [6.45, 7) is 5.52. The van der Waals surface area contributed by atoms with E-state index in [4.69, 9.17) is 15.6 Å². The Morgan fingerprint density at radius 1 is 1.00 bits per heavy atom. The van der Waals surface area contributed by atoms with Crippen LogP contribution in [0.15, 0.2) is 66.7 Å². The number of nitrogens with zero attached hydrogens (tertiary/aromatic N) is 1. The van der Waals surface area contributed by atoms with E-state index < -0.39 is 33.7 Å². The molecule has 2 amide bonds. The highest BCUT2D eigenvalue weighted by Gasteiger charge is 2.26. The number of hydrogen-bond donors (Lipinski definition) is 4. The molecule has 1 saturated carbocycles. The lowest BCUT2D eigenvalue weighted by Crippen LogP contribution is -2.40. The van der Waals surface area contributed by atoms with Crippen LogP contribution in [-0.4, -0.2) is 66.6 Å². The van der Waals surface area contributed by atoms with E-state index in [1.54, 1.807) is 51.1 Å². The summed E-state index contributed by atoms with van der Waals surface area (Å²) in [5, 5.41) is 19.9. The summed E-state index contributed by atoms with van der Waals surface area (Å²) in [6.07, 6.45) is 3.14. The quantitative estimate of drug-likeness (QED) is 0.173. The molecular formula is C36H47N3O7S. The van der Waals surface area contributed by atoms with Crippen molar-refractivity contribution >= 4 is 27.7 Å². The highest BCUT2D eigenvalue weighted by Crippen LogP contribution is 2.38. The molecule has 254 valence electrons. The predicted molar refractivity (Wildman–Crippen MR) is 183 cm³/mol. The molecule has 10 nitrogen and oxygen atoms in total. The van der Waals surface area contributed by atoms with E-state index in [1.165, 1.54) is 4.90 Å². The summed E-state index contributed by atoms with van der Waals surface area (Å²) >= 11 is 0. The molecule has 5 N–H and O–H groups in total. The summed E-state index contributed by atoms with van der Waals surface area (Å²) in [5.41, 5.74) is 10.4. The highest BCUT2D eigenvalue weighted by molar-refractivity contribution is 7.90. The van der Waals surface area contributed by atoms with Crippen molar-refractivity contribution in [2.45, 2.75) is 76.9 Å². The van der Waals surface area contributed by atoms with Gasteiger partial charge in [0, 0.05) is 24.4 Å². The molecule has 0 saturated heterocycles. The van der Waals surface area contributed by atoms with Crippen molar-refractivity contribution < 1.29 is 33.0 Å². The molecule has 1 fully saturated rings. The third-order valence-electron chi connectivity index (χ3n) is 8.23. The number of nitrogens with two attached hydrogens (primary N) is 1. The Bertz CT molecular complexity index is 1610. The molecule has 0 spiro atoms. The number of aliphatic hydroxyl groups excluding tert-OH is 2. The van der Waals surface area contributed by atoms with E-state index >= 15 is 0 Å². The van der Waals surface area contributed by atoms with Gasteiger partial charge in [0.2, 0.25) is 10.0 Å². The van der Waals surface area contributed by atoms with Gasteiger partial charge in [0.15, 0.2) is 0 Å². The summed E-state index contributed by atoms with van der Waals surface area (Å²) in [5.74, 6) is -0.808. The lowest BCUT2D eigenvalue weighted by molar-refractivity contribution is 0.0147. The van der Waals surface area contributed by atoms with Crippen molar-refractivity contribution in [2.75, 3.05) is 31.2 Å². The third kappa shape index (κ3) is 10.5. The zero-order valence-corrected chi connectivity index (χ0v) is 28.3. The summed E-state index contributed by atoms with van der Waals surface area (Å²) < 4.78 is 32.5. The van der Waals surface area contributed by atoms with E-state index in [0.29, 0.717) is 29.8 Å². The lowest BCUT2D eigenvalue weighted by Gasteiger charge is -2.29. The van der Waals surface area contributed by atoms with Gasteiger partial charge < -0.3 is 25.6 Å². The Morgan fingerprint density at radius 2 is 1.64 bits per heavy atom. The fourth-order valence-electron chi connectivity index (χ4n) is 5.77. The first-order chi connectivity index (χ1) is 22.2. The first-order valence-corrected chi connectivity index (χ1v) is 17.8. The van der Waals surface area contributed by atoms with Gasteiger partial charge >= 0.3 is 6.09 Å². The average molecular weight is 666 g/mol. The molecule has 0 unspecified atom stereocenters. The Hall–Kier alpha value is -3.93. The molecule has 1 aliphatic rings. The van der Waals surface area contributed by atoms with Gasteiger partial charge in [0.05, 0.1) is 18.4 Å². The van der Waals surface area contributed by atoms with Crippen molar-refractivity contribution in [3.8, 4) is 11.1 Å². The molecule has 0 aromatic heterocycles. The first kappa shape index (κ1) is 35.9. The van der Waals surface area contributed by atoms with Crippen molar-refractivity contribution in [3.63, 3.8) is 0 Å². The van der Waals surface area contributed by atoms with Gasteiger partial charge in [-0.05, 0) is 98.4 Å². The van der Waals surface area contributed by atoms with Crippen LogP contribution in [0.4, 0.5) is 10.5 Å². The minimum atomic E-state index is -3.86. The van der Waals surface area contributed by atoms with Gasteiger partial charge in [-0.2, -0.15) is 0 Å². The number of anilines is 1. The number of aliphatic hydroxyl groups is 2. The third-order valence-corrected chi connectivity index (χ3v) is 9.56. The Balaban J connectivity index is 1.50. The number of amides is 2. The number of rotatable bonds is 13. The van der Waals surface area contributed by atoms with Crippen molar-refractivity contribution in [2.24, 2.45) is 0 Å². The van der Waals surface area contributed by atoms with Crippen LogP contribution in [-0.2, 0) is 21.2 Å². The molecule has 11 heteroatoms. The standard InChI is InChI=1S/C36H47N3O7S/c1-36(2,3)46-35(43)39(24-33(41)28-13-16-30(37)17-14-28)20-19-25-9-11-26(12-10-25)29-15-18-31(32(23-29)27-7-4-5-8-27)34(42)38-47(44,45)22-6-21-40/h9-18,23,27,33,40-41H,4-8,19-22,24,37H2,1-3H3,(H,38,42)/t33-/m0/s1. The van der Waals surface area contributed by atoms with Crippen molar-refractivity contribution in [1.29, 1.82) is 0 Å². The molecule has 3 aromatic rings. The minimum absolute atomic E-state index is 0.0532. The summed E-state index contributed by atoms with van der Waals surface area (Å²) in [6, 6.07) is 20.4.